The molecule has 0 saturated carbocycles. The van der Waals surface area contributed by atoms with Crippen molar-refractivity contribution in [3.63, 3.8) is 0 Å². The number of rotatable bonds is 2. The Hall–Kier alpha value is -1.72. The lowest BCUT2D eigenvalue weighted by Crippen LogP contribution is -2.20. The summed E-state index contributed by atoms with van der Waals surface area (Å²) in [5.74, 6) is 0.241. The van der Waals surface area contributed by atoms with Gasteiger partial charge in [0.1, 0.15) is 11.5 Å². The van der Waals surface area contributed by atoms with Crippen LogP contribution in [0.15, 0.2) is 18.2 Å². The Morgan fingerprint density at radius 2 is 2.12 bits per heavy atom. The van der Waals surface area contributed by atoms with Crippen molar-refractivity contribution in [1.29, 1.82) is 0 Å². The highest BCUT2D eigenvalue weighted by atomic mass is 19.4. The lowest BCUT2D eigenvalue weighted by molar-refractivity contribution is -0.153. The third kappa shape index (κ3) is 2.89. The van der Waals surface area contributed by atoms with Gasteiger partial charge < -0.3 is 9.47 Å². The molecule has 0 radical (unpaired) electrons. The topological polar surface area (TPSA) is 35.5 Å². The number of carbonyl (C=O) groups is 1. The van der Waals surface area contributed by atoms with Crippen molar-refractivity contribution >= 4 is 5.78 Å². The van der Waals surface area contributed by atoms with Crippen molar-refractivity contribution in [2.24, 2.45) is 0 Å². The molecule has 1 aliphatic heterocycles. The summed E-state index contributed by atoms with van der Waals surface area (Å²) >= 11 is 0. The average Bonchev–Trinajstić information content (AvgIpc) is 2.26. The maximum Gasteiger partial charge on any atom is 0.422 e. The molecule has 0 amide bonds. The molecular weight excluding hydrogens is 237 g/mol. The summed E-state index contributed by atoms with van der Waals surface area (Å²) < 4.78 is 45.5. The number of benzene rings is 1. The van der Waals surface area contributed by atoms with Gasteiger partial charge >= 0.3 is 6.18 Å². The molecule has 0 aliphatic carbocycles. The van der Waals surface area contributed by atoms with E-state index in [0.717, 1.165) is 0 Å². The Bertz CT molecular complexity index is 440. The molecule has 0 N–H and O–H groups in total. The van der Waals surface area contributed by atoms with E-state index in [4.69, 9.17) is 4.74 Å². The minimum atomic E-state index is -4.38. The first-order valence-electron chi connectivity index (χ1n) is 4.95. The lowest BCUT2D eigenvalue weighted by Gasteiger charge is -2.17. The largest absolute Gasteiger partial charge is 0.492 e. The van der Waals surface area contributed by atoms with Gasteiger partial charge in [-0.05, 0) is 12.1 Å². The normalized spacial score (nSPS) is 15.1. The third-order valence-corrected chi connectivity index (χ3v) is 2.24. The first-order valence-corrected chi connectivity index (χ1v) is 4.95. The van der Waals surface area contributed by atoms with Crippen LogP contribution >= 0.6 is 0 Å². The Balaban J connectivity index is 2.14. The summed E-state index contributed by atoms with van der Waals surface area (Å²) in [5.41, 5.74) is 0.385. The van der Waals surface area contributed by atoms with Crippen molar-refractivity contribution in [2.45, 2.75) is 12.6 Å². The third-order valence-electron chi connectivity index (χ3n) is 2.24. The van der Waals surface area contributed by atoms with Gasteiger partial charge in [0.2, 0.25) is 0 Å². The van der Waals surface area contributed by atoms with E-state index >= 15 is 0 Å². The fourth-order valence-electron chi connectivity index (χ4n) is 1.50. The zero-order valence-electron chi connectivity index (χ0n) is 8.71. The highest BCUT2D eigenvalue weighted by Crippen LogP contribution is 2.29. The van der Waals surface area contributed by atoms with Crippen molar-refractivity contribution in [3.8, 4) is 11.5 Å². The summed E-state index contributed by atoms with van der Waals surface area (Å²) in [6.45, 7) is -1.12. The second-order valence-electron chi connectivity index (χ2n) is 3.58. The van der Waals surface area contributed by atoms with E-state index in [-0.39, 0.29) is 30.3 Å². The molecule has 0 bridgehead atoms. The van der Waals surface area contributed by atoms with Gasteiger partial charge in [-0.1, -0.05) is 0 Å². The standard InChI is InChI=1S/C11H9F3O3/c12-11(13,14)6-17-7-1-2-8-9(15)3-4-16-10(8)5-7/h1-2,5H,3-4,6H2. The molecule has 0 fully saturated rings. The van der Waals surface area contributed by atoms with E-state index in [9.17, 15) is 18.0 Å². The Kier molecular flexibility index (Phi) is 2.95. The van der Waals surface area contributed by atoms with Crippen LogP contribution in [0.5, 0.6) is 11.5 Å². The molecule has 17 heavy (non-hydrogen) atoms. The van der Waals surface area contributed by atoms with Gasteiger partial charge in [-0.2, -0.15) is 13.2 Å². The van der Waals surface area contributed by atoms with Gasteiger partial charge in [-0.3, -0.25) is 4.79 Å². The fourth-order valence-corrected chi connectivity index (χ4v) is 1.50. The van der Waals surface area contributed by atoms with Crippen molar-refractivity contribution < 1.29 is 27.4 Å². The van der Waals surface area contributed by atoms with Gasteiger partial charge in [-0.25, -0.2) is 0 Å². The molecule has 3 nitrogen and oxygen atoms in total. The summed E-state index contributed by atoms with van der Waals surface area (Å²) in [7, 11) is 0. The zero-order chi connectivity index (χ0) is 12.5. The molecule has 0 unspecified atom stereocenters. The fraction of sp³-hybridized carbons (Fsp3) is 0.364. The zero-order valence-corrected chi connectivity index (χ0v) is 8.71. The van der Waals surface area contributed by atoms with Gasteiger partial charge in [0, 0.05) is 12.5 Å². The Labute approximate surface area is 95.1 Å². The molecule has 0 aromatic heterocycles. The molecule has 0 saturated heterocycles. The molecule has 1 aromatic rings. The quantitative estimate of drug-likeness (QED) is 0.804. The molecule has 92 valence electrons. The molecular formula is C11H9F3O3. The number of fused-ring (bicyclic) bond motifs is 1. The highest BCUT2D eigenvalue weighted by Gasteiger charge is 2.28. The van der Waals surface area contributed by atoms with Gasteiger partial charge in [0.25, 0.3) is 0 Å². The number of carbonyl (C=O) groups excluding carboxylic acids is 1. The van der Waals surface area contributed by atoms with Crippen molar-refractivity contribution in [3.05, 3.63) is 23.8 Å². The predicted molar refractivity (Wildman–Crippen MR) is 52.4 cm³/mol. The average molecular weight is 246 g/mol. The number of hydrogen-bond acceptors (Lipinski definition) is 3. The van der Waals surface area contributed by atoms with Crippen LogP contribution in [0.25, 0.3) is 0 Å². The first kappa shape index (κ1) is 11.8. The molecule has 6 heteroatoms. The van der Waals surface area contributed by atoms with Crippen LogP contribution in [0.1, 0.15) is 16.8 Å². The van der Waals surface area contributed by atoms with Crippen molar-refractivity contribution in [1.82, 2.24) is 0 Å². The molecule has 0 spiro atoms. The van der Waals surface area contributed by atoms with Crippen LogP contribution in [0.4, 0.5) is 13.2 Å². The van der Waals surface area contributed by atoms with E-state index in [0.29, 0.717) is 5.56 Å². The molecule has 1 heterocycles. The number of halogens is 3. The number of Topliss-reactive ketones (excluding diaryl/α,β-unsaturated/α-hetero) is 1. The van der Waals surface area contributed by atoms with Crippen LogP contribution in [-0.2, 0) is 0 Å². The highest BCUT2D eigenvalue weighted by molar-refractivity contribution is 5.99. The lowest BCUT2D eigenvalue weighted by atomic mass is 10.1. The SMILES string of the molecule is O=C1CCOc2cc(OCC(F)(F)F)ccc21. The van der Waals surface area contributed by atoms with Crippen LogP contribution in [-0.4, -0.2) is 25.2 Å². The van der Waals surface area contributed by atoms with Crippen molar-refractivity contribution in [2.75, 3.05) is 13.2 Å². The van der Waals surface area contributed by atoms with Crippen LogP contribution < -0.4 is 9.47 Å². The van der Waals surface area contributed by atoms with E-state index < -0.39 is 12.8 Å². The van der Waals surface area contributed by atoms with Crippen LogP contribution in [0, 0.1) is 0 Å². The van der Waals surface area contributed by atoms with Crippen LogP contribution in [0.2, 0.25) is 0 Å². The number of hydrogen-bond donors (Lipinski definition) is 0. The van der Waals surface area contributed by atoms with E-state index in [1.165, 1.54) is 18.2 Å². The molecule has 0 atom stereocenters. The number of ether oxygens (including phenoxy) is 2. The molecule has 1 aliphatic rings. The van der Waals surface area contributed by atoms with E-state index in [1.54, 1.807) is 0 Å². The Morgan fingerprint density at radius 1 is 1.35 bits per heavy atom. The maximum atomic E-state index is 11.9. The van der Waals surface area contributed by atoms with Crippen LogP contribution in [0.3, 0.4) is 0 Å². The maximum absolute atomic E-state index is 11.9. The van der Waals surface area contributed by atoms with E-state index in [1.807, 2.05) is 0 Å². The molecule has 2 rings (SSSR count). The first-order chi connectivity index (χ1) is 7.96. The minimum absolute atomic E-state index is 0.0378. The second kappa shape index (κ2) is 4.27. The second-order valence-corrected chi connectivity index (χ2v) is 3.58. The van der Waals surface area contributed by atoms with E-state index in [2.05, 4.69) is 4.74 Å². The monoisotopic (exact) mass is 246 g/mol. The summed E-state index contributed by atoms with van der Waals surface area (Å²) in [6, 6.07) is 4.05. The molecule has 1 aromatic carbocycles. The summed E-state index contributed by atoms with van der Waals surface area (Å²) in [4.78, 5) is 11.4. The summed E-state index contributed by atoms with van der Waals surface area (Å²) in [6.07, 6.45) is -4.09. The smallest absolute Gasteiger partial charge is 0.422 e. The number of alkyl halides is 3. The minimum Gasteiger partial charge on any atom is -0.492 e. The Morgan fingerprint density at radius 3 is 2.82 bits per heavy atom. The number of ketones is 1. The summed E-state index contributed by atoms with van der Waals surface area (Å²) in [5, 5.41) is 0. The van der Waals surface area contributed by atoms with Gasteiger partial charge in [-0.15, -0.1) is 0 Å². The van der Waals surface area contributed by atoms with Gasteiger partial charge in [0.05, 0.1) is 12.2 Å². The van der Waals surface area contributed by atoms with Gasteiger partial charge in [0.15, 0.2) is 12.4 Å². The predicted octanol–water partition coefficient (Wildman–Crippen LogP) is 2.59.